The highest BCUT2D eigenvalue weighted by Gasteiger charge is 2.28. The fraction of sp³-hybridized carbons (Fsp3) is 0.286. The maximum Gasteiger partial charge on any atom is 0.354 e. The zero-order chi connectivity index (χ0) is 16.3. The van der Waals surface area contributed by atoms with Crippen molar-refractivity contribution in [3.63, 3.8) is 0 Å². The average molecular weight is 340 g/mol. The van der Waals surface area contributed by atoms with Gasteiger partial charge in [0.1, 0.15) is 10.6 Å². The predicted molar refractivity (Wildman–Crippen MR) is 83.4 cm³/mol. The summed E-state index contributed by atoms with van der Waals surface area (Å²) in [6.45, 7) is 3.87. The average Bonchev–Trinajstić information content (AvgIpc) is 2.97. The van der Waals surface area contributed by atoms with Crippen molar-refractivity contribution in [1.29, 1.82) is 0 Å². The molecule has 2 aromatic heterocycles. The van der Waals surface area contributed by atoms with E-state index in [1.165, 1.54) is 27.8 Å². The molecule has 118 valence electrons. The first-order chi connectivity index (χ1) is 10.3. The number of sulfonamides is 1. The van der Waals surface area contributed by atoms with E-state index in [1.54, 1.807) is 13.8 Å². The summed E-state index contributed by atoms with van der Waals surface area (Å²) in [7, 11) is -3.73. The molecule has 1 N–H and O–H groups in total. The summed E-state index contributed by atoms with van der Waals surface area (Å²) >= 11 is 1.49. The smallest absolute Gasteiger partial charge is 0.354 e. The van der Waals surface area contributed by atoms with Crippen molar-refractivity contribution in [3.8, 4) is 0 Å². The normalized spacial score (nSPS) is 12.0. The first-order valence-electron chi connectivity index (χ1n) is 6.56. The Balaban J connectivity index is 2.34. The molecule has 0 aromatic carbocycles. The number of aromatic nitrogens is 1. The van der Waals surface area contributed by atoms with E-state index in [0.29, 0.717) is 0 Å². The first kappa shape index (κ1) is 16.6. The first-order valence-corrected chi connectivity index (χ1v) is 8.88. The zero-order valence-electron chi connectivity index (χ0n) is 12.1. The minimum atomic E-state index is -3.73. The van der Waals surface area contributed by atoms with Gasteiger partial charge >= 0.3 is 5.97 Å². The van der Waals surface area contributed by atoms with E-state index in [1.807, 2.05) is 17.5 Å². The molecule has 8 heteroatoms. The summed E-state index contributed by atoms with van der Waals surface area (Å²) in [5.41, 5.74) is -0.187. The molecule has 0 bridgehead atoms. The minimum absolute atomic E-state index is 0.0113. The molecule has 22 heavy (non-hydrogen) atoms. The topological polar surface area (TPSA) is 87.6 Å². The van der Waals surface area contributed by atoms with E-state index in [4.69, 9.17) is 5.11 Å². The molecular formula is C14H16N2O4S2. The summed E-state index contributed by atoms with van der Waals surface area (Å²) in [6.07, 6.45) is 1.09. The second-order valence-corrected chi connectivity index (χ2v) is 7.83. The van der Waals surface area contributed by atoms with Gasteiger partial charge < -0.3 is 5.11 Å². The molecule has 2 aromatic rings. The monoisotopic (exact) mass is 340 g/mol. The van der Waals surface area contributed by atoms with Crippen LogP contribution in [0, 0.1) is 0 Å². The second-order valence-electron chi connectivity index (χ2n) is 4.91. The number of rotatable bonds is 6. The zero-order valence-corrected chi connectivity index (χ0v) is 13.8. The molecule has 0 aliphatic carbocycles. The van der Waals surface area contributed by atoms with Gasteiger partial charge in [0, 0.05) is 23.7 Å². The van der Waals surface area contributed by atoms with Gasteiger partial charge in [-0.3, -0.25) is 0 Å². The molecule has 0 saturated carbocycles. The molecule has 0 aliphatic rings. The molecule has 0 atom stereocenters. The molecule has 0 unspecified atom stereocenters. The van der Waals surface area contributed by atoms with Crippen molar-refractivity contribution >= 4 is 27.3 Å². The molecule has 0 radical (unpaired) electrons. The maximum absolute atomic E-state index is 12.7. The van der Waals surface area contributed by atoms with Gasteiger partial charge in [0.2, 0.25) is 10.0 Å². The van der Waals surface area contributed by atoms with Crippen LogP contribution in [0.1, 0.15) is 29.2 Å². The van der Waals surface area contributed by atoms with Crippen LogP contribution in [0.3, 0.4) is 0 Å². The third-order valence-corrected chi connectivity index (χ3v) is 5.90. The van der Waals surface area contributed by atoms with Crippen LogP contribution < -0.4 is 0 Å². The van der Waals surface area contributed by atoms with Gasteiger partial charge in [-0.1, -0.05) is 6.07 Å². The van der Waals surface area contributed by atoms with Gasteiger partial charge in [0.15, 0.2) is 0 Å². The lowest BCUT2D eigenvalue weighted by molar-refractivity contribution is 0.0690. The summed E-state index contributed by atoms with van der Waals surface area (Å²) in [5.74, 6) is -1.19. The summed E-state index contributed by atoms with van der Waals surface area (Å²) in [4.78, 5) is 15.4. The molecule has 0 saturated heterocycles. The number of nitrogens with zero attached hydrogens (tertiary/aromatic N) is 2. The summed E-state index contributed by atoms with van der Waals surface area (Å²) in [6, 6.07) is 5.98. The lowest BCUT2D eigenvalue weighted by Crippen LogP contribution is -2.36. The van der Waals surface area contributed by atoms with E-state index >= 15 is 0 Å². The van der Waals surface area contributed by atoms with Gasteiger partial charge in [-0.25, -0.2) is 18.2 Å². The number of thiophene rings is 1. The van der Waals surface area contributed by atoms with Crippen LogP contribution in [0.25, 0.3) is 0 Å². The number of carbonyl (C=O) groups is 1. The standard InChI is InChI=1S/C14H16N2O4S2/c1-10(2)16(9-11-4-3-7-21-11)22(19,20)12-5-6-13(14(17)18)15-8-12/h3-8,10H,9H2,1-2H3,(H,17,18). The Bertz CT molecular complexity index is 738. The molecule has 0 fully saturated rings. The van der Waals surface area contributed by atoms with E-state index in [-0.39, 0.29) is 23.2 Å². The molecule has 0 amide bonds. The number of carboxylic acids is 1. The molecule has 0 aliphatic heterocycles. The van der Waals surface area contributed by atoms with Crippen molar-refractivity contribution in [2.45, 2.75) is 31.3 Å². The van der Waals surface area contributed by atoms with Crippen LogP contribution >= 0.6 is 11.3 Å². The van der Waals surface area contributed by atoms with E-state index < -0.39 is 16.0 Å². The van der Waals surface area contributed by atoms with E-state index in [2.05, 4.69) is 4.98 Å². The van der Waals surface area contributed by atoms with Crippen molar-refractivity contribution in [3.05, 3.63) is 46.4 Å². The summed E-state index contributed by atoms with van der Waals surface area (Å²) in [5, 5.41) is 10.7. The number of hydrogen-bond donors (Lipinski definition) is 1. The predicted octanol–water partition coefficient (Wildman–Crippen LogP) is 2.44. The van der Waals surface area contributed by atoms with Crippen molar-refractivity contribution < 1.29 is 18.3 Å². The molecule has 6 nitrogen and oxygen atoms in total. The second kappa shape index (κ2) is 6.55. The third kappa shape index (κ3) is 3.52. The SMILES string of the molecule is CC(C)N(Cc1cccs1)S(=O)(=O)c1ccc(C(=O)O)nc1. The Morgan fingerprint density at radius 2 is 2.09 bits per heavy atom. The van der Waals surface area contributed by atoms with Crippen LogP contribution in [-0.2, 0) is 16.6 Å². The number of carboxylic acid groups (broad SMARTS) is 1. The van der Waals surface area contributed by atoms with Crippen LogP contribution in [0.15, 0.2) is 40.7 Å². The fourth-order valence-electron chi connectivity index (χ4n) is 1.90. The third-order valence-electron chi connectivity index (χ3n) is 3.03. The Morgan fingerprint density at radius 1 is 1.36 bits per heavy atom. The molecule has 0 spiro atoms. The molecule has 2 rings (SSSR count). The Kier molecular flexibility index (Phi) is 4.94. The van der Waals surface area contributed by atoms with Crippen molar-refractivity contribution in [1.82, 2.24) is 9.29 Å². The van der Waals surface area contributed by atoms with Crippen LogP contribution in [0.4, 0.5) is 0 Å². The largest absolute Gasteiger partial charge is 0.477 e. The quantitative estimate of drug-likeness (QED) is 0.872. The summed E-state index contributed by atoms with van der Waals surface area (Å²) < 4.78 is 26.8. The minimum Gasteiger partial charge on any atom is -0.477 e. The van der Waals surface area contributed by atoms with Gasteiger partial charge in [-0.05, 0) is 37.4 Å². The highest BCUT2D eigenvalue weighted by molar-refractivity contribution is 7.89. The lowest BCUT2D eigenvalue weighted by atomic mass is 10.3. The fourth-order valence-corrected chi connectivity index (χ4v) is 4.24. The number of hydrogen-bond acceptors (Lipinski definition) is 5. The highest BCUT2D eigenvalue weighted by atomic mass is 32.2. The van der Waals surface area contributed by atoms with Crippen LogP contribution in [-0.4, -0.2) is 34.8 Å². The highest BCUT2D eigenvalue weighted by Crippen LogP contribution is 2.22. The van der Waals surface area contributed by atoms with Gasteiger partial charge in [0.05, 0.1) is 0 Å². The Hall–Kier alpha value is -1.77. The molecular weight excluding hydrogens is 324 g/mol. The van der Waals surface area contributed by atoms with Crippen molar-refractivity contribution in [2.24, 2.45) is 0 Å². The van der Waals surface area contributed by atoms with Crippen LogP contribution in [0.5, 0.6) is 0 Å². The lowest BCUT2D eigenvalue weighted by Gasteiger charge is -2.25. The Labute approximate surface area is 133 Å². The number of aromatic carboxylic acids is 1. The van der Waals surface area contributed by atoms with Gasteiger partial charge in [-0.15, -0.1) is 11.3 Å². The van der Waals surface area contributed by atoms with Crippen molar-refractivity contribution in [2.75, 3.05) is 0 Å². The van der Waals surface area contributed by atoms with Crippen LogP contribution in [0.2, 0.25) is 0 Å². The number of pyridine rings is 1. The van der Waals surface area contributed by atoms with E-state index in [0.717, 1.165) is 11.1 Å². The Morgan fingerprint density at radius 3 is 2.55 bits per heavy atom. The maximum atomic E-state index is 12.7. The van der Waals surface area contributed by atoms with Gasteiger partial charge in [-0.2, -0.15) is 4.31 Å². The van der Waals surface area contributed by atoms with E-state index in [9.17, 15) is 13.2 Å². The van der Waals surface area contributed by atoms with Gasteiger partial charge in [0.25, 0.3) is 0 Å². The molecule has 2 heterocycles.